The Bertz CT molecular complexity index is 334. The Morgan fingerprint density at radius 3 is 2.40 bits per heavy atom. The number of anilines is 1. The predicted octanol–water partition coefficient (Wildman–Crippen LogP) is 0.915. The molecule has 84 valence electrons. The molecule has 2 heterocycles. The third kappa shape index (κ3) is 2.15. The van der Waals surface area contributed by atoms with Gasteiger partial charge in [0.2, 0.25) is 5.95 Å². The zero-order valence-corrected chi connectivity index (χ0v) is 9.99. The Labute approximate surface area is 91.3 Å². The summed E-state index contributed by atoms with van der Waals surface area (Å²) >= 11 is 0. The van der Waals surface area contributed by atoms with E-state index >= 15 is 0 Å². The lowest BCUT2D eigenvalue weighted by molar-refractivity contribution is 0.401. The van der Waals surface area contributed by atoms with Crippen molar-refractivity contribution in [2.45, 2.75) is 32.9 Å². The van der Waals surface area contributed by atoms with E-state index in [0.29, 0.717) is 12.1 Å². The third-order valence-electron chi connectivity index (χ3n) is 2.81. The Balaban J connectivity index is 2.19. The number of piperazine rings is 1. The highest BCUT2D eigenvalue weighted by Crippen LogP contribution is 2.16. The smallest absolute Gasteiger partial charge is 0.205 e. The van der Waals surface area contributed by atoms with E-state index in [-0.39, 0.29) is 0 Å². The molecule has 0 aliphatic carbocycles. The van der Waals surface area contributed by atoms with Gasteiger partial charge in [0.25, 0.3) is 0 Å². The zero-order valence-electron chi connectivity index (χ0n) is 9.99. The summed E-state index contributed by atoms with van der Waals surface area (Å²) in [6.45, 7) is 8.55. The molecule has 1 aromatic rings. The number of rotatable bonds is 1. The fraction of sp³-hybridized carbons (Fsp3) is 0.727. The minimum absolute atomic E-state index is 0.533. The topological polar surface area (TPSA) is 33.1 Å². The first-order valence-corrected chi connectivity index (χ1v) is 5.57. The van der Waals surface area contributed by atoms with Crippen molar-refractivity contribution in [1.82, 2.24) is 14.9 Å². The van der Waals surface area contributed by atoms with Crippen molar-refractivity contribution in [1.29, 1.82) is 0 Å². The average molecular weight is 208 g/mol. The van der Waals surface area contributed by atoms with Gasteiger partial charge in [-0.25, -0.2) is 4.98 Å². The van der Waals surface area contributed by atoms with E-state index in [1.807, 2.05) is 6.92 Å². The minimum atomic E-state index is 0.533. The number of hydrogen-bond donors (Lipinski definition) is 1. The van der Waals surface area contributed by atoms with Crippen LogP contribution < -0.4 is 10.2 Å². The molecule has 1 N–H and O–H groups in total. The monoisotopic (exact) mass is 208 g/mol. The zero-order chi connectivity index (χ0) is 11.0. The molecule has 0 amide bonds. The quantitative estimate of drug-likeness (QED) is 0.745. The standard InChI is InChI=1S/C11H20N4/c1-8-5-14(4)11(13-8)15-6-9(2)12-10(3)7-15/h5,9-10,12H,6-7H2,1-4H3. The molecular weight excluding hydrogens is 188 g/mol. The van der Waals surface area contributed by atoms with Crippen LogP contribution in [0.25, 0.3) is 0 Å². The van der Waals surface area contributed by atoms with E-state index in [0.717, 1.165) is 24.7 Å². The summed E-state index contributed by atoms with van der Waals surface area (Å²) in [4.78, 5) is 6.92. The third-order valence-corrected chi connectivity index (χ3v) is 2.81. The Hall–Kier alpha value is -1.03. The maximum Gasteiger partial charge on any atom is 0.205 e. The molecule has 4 heteroatoms. The average Bonchev–Trinajstić information content (AvgIpc) is 2.43. The second-order valence-corrected chi connectivity index (χ2v) is 4.67. The summed E-state index contributed by atoms with van der Waals surface area (Å²) in [5, 5.41) is 3.53. The van der Waals surface area contributed by atoms with Gasteiger partial charge in [0.15, 0.2) is 0 Å². The fourth-order valence-electron chi connectivity index (χ4n) is 2.39. The van der Waals surface area contributed by atoms with Crippen molar-refractivity contribution in [3.8, 4) is 0 Å². The van der Waals surface area contributed by atoms with Gasteiger partial charge in [-0.05, 0) is 20.8 Å². The van der Waals surface area contributed by atoms with Crippen molar-refractivity contribution < 1.29 is 0 Å². The predicted molar refractivity (Wildman–Crippen MR) is 62.2 cm³/mol. The van der Waals surface area contributed by atoms with Crippen LogP contribution in [0.3, 0.4) is 0 Å². The van der Waals surface area contributed by atoms with E-state index < -0.39 is 0 Å². The molecule has 0 bridgehead atoms. The van der Waals surface area contributed by atoms with Crippen molar-refractivity contribution in [3.05, 3.63) is 11.9 Å². The number of aryl methyl sites for hydroxylation is 2. The molecule has 0 radical (unpaired) electrons. The highest BCUT2D eigenvalue weighted by atomic mass is 15.3. The summed E-state index contributed by atoms with van der Waals surface area (Å²) in [7, 11) is 2.06. The molecule has 0 saturated carbocycles. The molecule has 2 rings (SSSR count). The second kappa shape index (κ2) is 3.85. The van der Waals surface area contributed by atoms with Gasteiger partial charge in [-0.15, -0.1) is 0 Å². The molecule has 15 heavy (non-hydrogen) atoms. The van der Waals surface area contributed by atoms with Crippen LogP contribution in [0.5, 0.6) is 0 Å². The Kier molecular flexibility index (Phi) is 2.69. The van der Waals surface area contributed by atoms with Crippen LogP contribution in [0.2, 0.25) is 0 Å². The van der Waals surface area contributed by atoms with Crippen LogP contribution in [0.4, 0.5) is 5.95 Å². The molecule has 4 nitrogen and oxygen atoms in total. The molecule has 0 spiro atoms. The summed E-state index contributed by atoms with van der Waals surface area (Å²) in [6, 6.07) is 1.07. The minimum Gasteiger partial charge on any atom is -0.339 e. The number of nitrogens with zero attached hydrogens (tertiary/aromatic N) is 3. The van der Waals surface area contributed by atoms with Crippen LogP contribution in [0.15, 0.2) is 6.20 Å². The molecule has 1 aromatic heterocycles. The van der Waals surface area contributed by atoms with E-state index in [9.17, 15) is 0 Å². The van der Waals surface area contributed by atoms with E-state index in [4.69, 9.17) is 0 Å². The molecular formula is C11H20N4. The molecule has 2 unspecified atom stereocenters. The van der Waals surface area contributed by atoms with Gasteiger partial charge in [-0.3, -0.25) is 0 Å². The number of nitrogens with one attached hydrogen (secondary N) is 1. The lowest BCUT2D eigenvalue weighted by Crippen LogP contribution is -2.54. The van der Waals surface area contributed by atoms with Gasteiger partial charge in [0.1, 0.15) is 0 Å². The van der Waals surface area contributed by atoms with Crippen LogP contribution in [0, 0.1) is 6.92 Å². The van der Waals surface area contributed by atoms with Crippen LogP contribution >= 0.6 is 0 Å². The molecule has 1 fully saturated rings. The fourth-order valence-corrected chi connectivity index (χ4v) is 2.39. The Morgan fingerprint density at radius 1 is 1.33 bits per heavy atom. The van der Waals surface area contributed by atoms with Crippen LogP contribution in [-0.2, 0) is 7.05 Å². The Morgan fingerprint density at radius 2 is 1.93 bits per heavy atom. The first kappa shape index (κ1) is 10.5. The summed E-state index contributed by atoms with van der Waals surface area (Å²) in [5.41, 5.74) is 1.09. The SMILES string of the molecule is Cc1cn(C)c(N2CC(C)NC(C)C2)n1. The summed E-state index contributed by atoms with van der Waals surface area (Å²) in [5.74, 6) is 1.09. The molecule has 1 aliphatic rings. The molecule has 1 aliphatic heterocycles. The number of imidazole rings is 1. The lowest BCUT2D eigenvalue weighted by atomic mass is 10.1. The van der Waals surface area contributed by atoms with E-state index in [1.165, 1.54) is 0 Å². The largest absolute Gasteiger partial charge is 0.339 e. The van der Waals surface area contributed by atoms with Gasteiger partial charge in [0, 0.05) is 38.4 Å². The molecule has 2 atom stereocenters. The van der Waals surface area contributed by atoms with Gasteiger partial charge in [-0.2, -0.15) is 0 Å². The van der Waals surface area contributed by atoms with E-state index in [1.54, 1.807) is 0 Å². The van der Waals surface area contributed by atoms with Crippen molar-refractivity contribution in [3.63, 3.8) is 0 Å². The maximum absolute atomic E-state index is 4.56. The van der Waals surface area contributed by atoms with Crippen LogP contribution in [0.1, 0.15) is 19.5 Å². The molecule has 0 aromatic carbocycles. The van der Waals surface area contributed by atoms with Crippen LogP contribution in [-0.4, -0.2) is 34.7 Å². The summed E-state index contributed by atoms with van der Waals surface area (Å²) in [6.07, 6.45) is 2.08. The van der Waals surface area contributed by atoms with Gasteiger partial charge < -0.3 is 14.8 Å². The lowest BCUT2D eigenvalue weighted by Gasteiger charge is -2.36. The van der Waals surface area contributed by atoms with Crippen molar-refractivity contribution in [2.24, 2.45) is 7.05 Å². The van der Waals surface area contributed by atoms with Crippen molar-refractivity contribution in [2.75, 3.05) is 18.0 Å². The highest BCUT2D eigenvalue weighted by Gasteiger charge is 2.23. The maximum atomic E-state index is 4.56. The van der Waals surface area contributed by atoms with Gasteiger partial charge in [0.05, 0.1) is 5.69 Å². The van der Waals surface area contributed by atoms with Gasteiger partial charge in [-0.1, -0.05) is 0 Å². The summed E-state index contributed by atoms with van der Waals surface area (Å²) < 4.78 is 2.11. The number of aromatic nitrogens is 2. The number of hydrogen-bond acceptors (Lipinski definition) is 3. The van der Waals surface area contributed by atoms with E-state index in [2.05, 4.69) is 46.9 Å². The normalized spacial score (nSPS) is 27.1. The first-order chi connectivity index (χ1) is 7.06. The van der Waals surface area contributed by atoms with Gasteiger partial charge >= 0.3 is 0 Å². The molecule has 1 saturated heterocycles. The second-order valence-electron chi connectivity index (χ2n) is 4.67. The van der Waals surface area contributed by atoms with Crippen molar-refractivity contribution >= 4 is 5.95 Å². The first-order valence-electron chi connectivity index (χ1n) is 5.57. The highest BCUT2D eigenvalue weighted by molar-refractivity contribution is 5.34.